The molecule has 1 aliphatic heterocycles. The van der Waals surface area contributed by atoms with Gasteiger partial charge >= 0.3 is 12.2 Å². The number of benzene rings is 1. The number of amides is 2. The Morgan fingerprint density at radius 2 is 2.03 bits per heavy atom. The third kappa shape index (κ3) is 3.68. The molecule has 0 saturated heterocycles. The summed E-state index contributed by atoms with van der Waals surface area (Å²) in [6.45, 7) is 0.0480. The van der Waals surface area contributed by atoms with Crippen molar-refractivity contribution in [2.24, 2.45) is 5.92 Å². The van der Waals surface area contributed by atoms with Crippen LogP contribution in [0.3, 0.4) is 0 Å². The van der Waals surface area contributed by atoms with E-state index >= 15 is 0 Å². The predicted octanol–water partition coefficient (Wildman–Crippen LogP) is 3.25. The summed E-state index contributed by atoms with van der Waals surface area (Å²) < 4.78 is 43.4. The van der Waals surface area contributed by atoms with Crippen molar-refractivity contribution < 1.29 is 18.0 Å². The highest BCUT2D eigenvalue weighted by Crippen LogP contribution is 2.44. The average Bonchev–Trinajstić information content (AvgIpc) is 3.45. The molecule has 2 heterocycles. The Morgan fingerprint density at radius 3 is 2.69 bits per heavy atom. The first kappa shape index (κ1) is 19.3. The largest absolute Gasteiger partial charge is 0.427 e. The van der Waals surface area contributed by atoms with Crippen molar-refractivity contribution in [3.63, 3.8) is 0 Å². The highest BCUT2D eigenvalue weighted by atomic mass is 35.5. The van der Waals surface area contributed by atoms with Crippen LogP contribution < -0.4 is 16.2 Å². The first-order valence-corrected chi connectivity index (χ1v) is 9.10. The molecule has 1 aromatic carbocycles. The van der Waals surface area contributed by atoms with E-state index in [1.807, 2.05) is 5.32 Å². The van der Waals surface area contributed by atoms with Crippen LogP contribution in [0.1, 0.15) is 24.0 Å². The number of nitrogens with one attached hydrogen (secondary N) is 2. The normalized spacial score (nSPS) is 20.8. The van der Waals surface area contributed by atoms with Gasteiger partial charge in [0.1, 0.15) is 5.15 Å². The van der Waals surface area contributed by atoms with Crippen molar-refractivity contribution in [2.75, 3.05) is 5.32 Å². The van der Waals surface area contributed by atoms with E-state index in [0.717, 1.165) is 18.9 Å². The second-order valence-electron chi connectivity index (χ2n) is 6.93. The number of hydrogen-bond acceptors (Lipinski definition) is 3. The van der Waals surface area contributed by atoms with Crippen molar-refractivity contribution >= 4 is 23.3 Å². The fourth-order valence-electron chi connectivity index (χ4n) is 3.06. The van der Waals surface area contributed by atoms with E-state index in [1.165, 1.54) is 29.1 Å². The number of hydrogen-bond donors (Lipinski definition) is 2. The third-order valence-electron chi connectivity index (χ3n) is 4.70. The number of anilines is 1. The molecular weight excluding hydrogens is 409 g/mol. The van der Waals surface area contributed by atoms with Gasteiger partial charge in [-0.05, 0) is 24.5 Å². The molecule has 29 heavy (non-hydrogen) atoms. The van der Waals surface area contributed by atoms with E-state index < -0.39 is 23.3 Å². The van der Waals surface area contributed by atoms with Gasteiger partial charge in [-0.25, -0.2) is 9.78 Å². The SMILES string of the molecule is O=C1Nc2cc(Cn3cnc(Cl)cc3=O)ccc2[C@@](C#CC2CC2)(C(F)(F)F)N1. The molecule has 0 unspecified atom stereocenters. The Labute approximate surface area is 168 Å². The first-order chi connectivity index (χ1) is 13.7. The van der Waals surface area contributed by atoms with E-state index in [1.54, 1.807) is 0 Å². The molecular formula is C19H14ClF3N4O2. The minimum atomic E-state index is -4.82. The number of fused-ring (bicyclic) bond motifs is 1. The number of urea groups is 1. The summed E-state index contributed by atoms with van der Waals surface area (Å²) in [5.41, 5.74) is -2.90. The number of carbonyl (C=O) groups is 1. The number of aromatic nitrogens is 2. The van der Waals surface area contributed by atoms with Crippen LogP contribution in [-0.2, 0) is 12.1 Å². The molecule has 2 amide bonds. The lowest BCUT2D eigenvalue weighted by molar-refractivity contribution is -0.178. The average molecular weight is 423 g/mol. The van der Waals surface area contributed by atoms with Crippen molar-refractivity contribution in [1.82, 2.24) is 14.9 Å². The lowest BCUT2D eigenvalue weighted by Gasteiger charge is -2.37. The summed E-state index contributed by atoms with van der Waals surface area (Å²) in [4.78, 5) is 27.8. The van der Waals surface area contributed by atoms with Gasteiger partial charge < -0.3 is 10.6 Å². The maximum atomic E-state index is 14.0. The molecule has 4 rings (SSSR count). The van der Waals surface area contributed by atoms with Crippen LogP contribution in [0.25, 0.3) is 0 Å². The molecule has 2 N–H and O–H groups in total. The molecule has 0 radical (unpaired) electrons. The molecule has 1 saturated carbocycles. The van der Waals surface area contributed by atoms with Crippen LogP contribution in [0, 0.1) is 17.8 Å². The Morgan fingerprint density at radius 1 is 1.28 bits per heavy atom. The molecule has 1 aliphatic carbocycles. The Balaban J connectivity index is 1.77. The summed E-state index contributed by atoms with van der Waals surface area (Å²) in [5, 5.41) is 4.40. The molecule has 0 bridgehead atoms. The summed E-state index contributed by atoms with van der Waals surface area (Å²) >= 11 is 5.66. The van der Waals surface area contributed by atoms with Gasteiger partial charge in [-0.15, -0.1) is 0 Å². The van der Waals surface area contributed by atoms with Gasteiger partial charge in [-0.3, -0.25) is 9.36 Å². The smallest absolute Gasteiger partial charge is 0.310 e. The van der Waals surface area contributed by atoms with Crippen LogP contribution in [0.4, 0.5) is 23.7 Å². The highest BCUT2D eigenvalue weighted by molar-refractivity contribution is 6.29. The number of halogens is 4. The van der Waals surface area contributed by atoms with E-state index in [4.69, 9.17) is 11.6 Å². The van der Waals surface area contributed by atoms with Crippen LogP contribution in [0.5, 0.6) is 0 Å². The van der Waals surface area contributed by atoms with Gasteiger partial charge in [0.2, 0.25) is 5.54 Å². The van der Waals surface area contributed by atoms with Crippen LogP contribution in [0.2, 0.25) is 5.15 Å². The molecule has 1 fully saturated rings. The quantitative estimate of drug-likeness (QED) is 0.576. The van der Waals surface area contributed by atoms with E-state index in [2.05, 4.69) is 22.1 Å². The fraction of sp³-hybridized carbons (Fsp3) is 0.316. The van der Waals surface area contributed by atoms with Gasteiger partial charge in [0.15, 0.2) is 0 Å². The van der Waals surface area contributed by atoms with Gasteiger partial charge in [-0.1, -0.05) is 35.6 Å². The highest BCUT2D eigenvalue weighted by Gasteiger charge is 2.59. The van der Waals surface area contributed by atoms with Gasteiger partial charge in [0, 0.05) is 23.2 Å². The van der Waals surface area contributed by atoms with Crippen molar-refractivity contribution in [1.29, 1.82) is 0 Å². The number of rotatable bonds is 2. The Kier molecular flexibility index (Phi) is 4.54. The molecule has 2 aliphatic rings. The molecule has 150 valence electrons. The minimum absolute atomic E-state index is 0.0105. The van der Waals surface area contributed by atoms with Gasteiger partial charge in [0.05, 0.1) is 12.9 Å². The van der Waals surface area contributed by atoms with Crippen LogP contribution >= 0.6 is 11.6 Å². The monoisotopic (exact) mass is 422 g/mol. The van der Waals surface area contributed by atoms with Crippen LogP contribution in [-0.4, -0.2) is 21.8 Å². The van der Waals surface area contributed by atoms with E-state index in [0.29, 0.717) is 5.56 Å². The zero-order chi connectivity index (χ0) is 20.8. The predicted molar refractivity (Wildman–Crippen MR) is 99.4 cm³/mol. The number of alkyl halides is 3. The maximum Gasteiger partial charge on any atom is 0.427 e. The minimum Gasteiger partial charge on any atom is -0.310 e. The van der Waals surface area contributed by atoms with Gasteiger partial charge in [-0.2, -0.15) is 13.2 Å². The second kappa shape index (κ2) is 6.81. The first-order valence-electron chi connectivity index (χ1n) is 8.72. The zero-order valence-corrected chi connectivity index (χ0v) is 15.6. The lowest BCUT2D eigenvalue weighted by atomic mass is 9.85. The molecule has 1 aromatic heterocycles. The lowest BCUT2D eigenvalue weighted by Crippen LogP contribution is -2.59. The number of carbonyl (C=O) groups excluding carboxylic acids is 1. The van der Waals surface area contributed by atoms with Crippen molar-refractivity contribution in [3.05, 3.63) is 57.2 Å². The molecule has 10 heteroatoms. The van der Waals surface area contributed by atoms with Crippen molar-refractivity contribution in [3.8, 4) is 11.8 Å². The topological polar surface area (TPSA) is 76.0 Å². The summed E-state index contributed by atoms with van der Waals surface area (Å²) in [6.07, 6.45) is -2.07. The summed E-state index contributed by atoms with van der Waals surface area (Å²) in [6, 6.07) is 4.25. The Hall–Kier alpha value is -2.99. The van der Waals surface area contributed by atoms with E-state index in [-0.39, 0.29) is 28.9 Å². The molecule has 2 aromatic rings. The summed E-state index contributed by atoms with van der Waals surface area (Å²) in [7, 11) is 0. The third-order valence-corrected chi connectivity index (χ3v) is 4.91. The van der Waals surface area contributed by atoms with Gasteiger partial charge in [0.25, 0.3) is 5.56 Å². The summed E-state index contributed by atoms with van der Waals surface area (Å²) in [5.74, 6) is 4.83. The molecule has 6 nitrogen and oxygen atoms in total. The molecule has 1 atom stereocenters. The number of nitrogens with zero attached hydrogens (tertiary/aromatic N) is 2. The maximum absolute atomic E-state index is 14.0. The standard InChI is InChI=1S/C19H14ClF3N4O2/c20-15-8-16(28)27(10-24-15)9-12-3-4-13-14(7-12)25-17(29)26-18(13,19(21,22)23)6-5-11-1-2-11/h3-4,7-8,10-11H,1-2,9H2,(H2,25,26,29)/t18-/m0/s1. The Bertz CT molecular complexity index is 1110. The fourth-order valence-corrected chi connectivity index (χ4v) is 3.20. The van der Waals surface area contributed by atoms with Crippen LogP contribution in [0.15, 0.2) is 35.4 Å². The zero-order valence-electron chi connectivity index (χ0n) is 14.8. The van der Waals surface area contributed by atoms with Crippen molar-refractivity contribution in [2.45, 2.75) is 31.1 Å². The molecule has 0 spiro atoms. The second-order valence-corrected chi connectivity index (χ2v) is 7.32. The van der Waals surface area contributed by atoms with E-state index in [9.17, 15) is 22.8 Å².